The minimum Gasteiger partial charge on any atom is -0.481 e. The van der Waals surface area contributed by atoms with Gasteiger partial charge in [0, 0.05) is 12.6 Å². The predicted octanol–water partition coefficient (Wildman–Crippen LogP) is 2.79. The Morgan fingerprint density at radius 2 is 2.11 bits per heavy atom. The van der Waals surface area contributed by atoms with E-state index >= 15 is 0 Å². The molecule has 0 spiro atoms. The number of alkyl halides is 3. The van der Waals surface area contributed by atoms with E-state index in [1.807, 2.05) is 0 Å². The topological polar surface area (TPSA) is 53.4 Å². The second-order valence-electron chi connectivity index (χ2n) is 4.11. The Morgan fingerprint density at radius 3 is 2.58 bits per heavy atom. The molecule has 1 N–H and O–H groups in total. The Morgan fingerprint density at radius 1 is 1.47 bits per heavy atom. The highest BCUT2D eigenvalue weighted by atomic mass is 19.4. The summed E-state index contributed by atoms with van der Waals surface area (Å²) in [4.78, 5) is 15.7. The van der Waals surface area contributed by atoms with Crippen LogP contribution in [0.3, 0.4) is 0 Å². The van der Waals surface area contributed by atoms with E-state index in [4.69, 9.17) is 5.11 Å². The molecule has 1 atom stereocenters. The van der Waals surface area contributed by atoms with Crippen molar-refractivity contribution in [3.8, 4) is 0 Å². The molecule has 1 unspecified atom stereocenters. The zero-order chi connectivity index (χ0) is 14.6. The number of carboxylic acids is 1. The van der Waals surface area contributed by atoms with Gasteiger partial charge < -0.3 is 10.0 Å². The first-order chi connectivity index (χ1) is 8.75. The zero-order valence-corrected chi connectivity index (χ0v) is 10.6. The lowest BCUT2D eigenvalue weighted by Crippen LogP contribution is -2.35. The minimum atomic E-state index is -4.51. The van der Waals surface area contributed by atoms with Crippen LogP contribution in [0.4, 0.5) is 19.0 Å². The molecular weight excluding hydrogens is 261 g/mol. The van der Waals surface area contributed by atoms with Gasteiger partial charge in [0.2, 0.25) is 0 Å². The first kappa shape index (κ1) is 15.3. The number of carboxylic acid groups (broad SMARTS) is 1. The Balaban J connectivity index is 3.02. The minimum absolute atomic E-state index is 0.131. The second kappa shape index (κ2) is 5.90. The van der Waals surface area contributed by atoms with E-state index in [2.05, 4.69) is 4.98 Å². The highest BCUT2D eigenvalue weighted by Gasteiger charge is 2.33. The first-order valence-corrected chi connectivity index (χ1v) is 5.78. The smallest absolute Gasteiger partial charge is 0.433 e. The van der Waals surface area contributed by atoms with Crippen LogP contribution in [-0.2, 0) is 11.0 Å². The monoisotopic (exact) mass is 276 g/mol. The van der Waals surface area contributed by atoms with Crippen molar-refractivity contribution in [2.75, 3.05) is 11.4 Å². The van der Waals surface area contributed by atoms with Gasteiger partial charge in [0.05, 0.1) is 6.42 Å². The molecule has 0 radical (unpaired) electrons. The lowest BCUT2D eigenvalue weighted by molar-refractivity contribution is -0.141. The summed E-state index contributed by atoms with van der Waals surface area (Å²) in [6.07, 6.45) is -4.67. The molecule has 0 aliphatic rings. The first-order valence-electron chi connectivity index (χ1n) is 5.78. The van der Waals surface area contributed by atoms with Gasteiger partial charge in [-0.3, -0.25) is 4.79 Å². The fourth-order valence-corrected chi connectivity index (χ4v) is 1.80. The van der Waals surface area contributed by atoms with Crippen molar-refractivity contribution in [1.82, 2.24) is 4.98 Å². The van der Waals surface area contributed by atoms with Crippen LogP contribution in [0.15, 0.2) is 18.2 Å². The molecule has 0 aliphatic carbocycles. The van der Waals surface area contributed by atoms with Crippen molar-refractivity contribution >= 4 is 11.8 Å². The summed E-state index contributed by atoms with van der Waals surface area (Å²) in [5.41, 5.74) is -0.981. The molecule has 1 rings (SSSR count). The molecule has 0 amide bonds. The number of carbonyl (C=O) groups is 1. The average Bonchev–Trinajstić information content (AvgIpc) is 2.28. The molecule has 106 valence electrons. The van der Waals surface area contributed by atoms with Crippen LogP contribution in [0.25, 0.3) is 0 Å². The lowest BCUT2D eigenvalue weighted by atomic mass is 10.2. The number of aromatic nitrogens is 1. The van der Waals surface area contributed by atoms with E-state index in [9.17, 15) is 18.0 Å². The number of pyridine rings is 1. The molecule has 0 fully saturated rings. The number of rotatable bonds is 5. The van der Waals surface area contributed by atoms with Crippen LogP contribution in [0, 0.1) is 0 Å². The van der Waals surface area contributed by atoms with E-state index in [0.29, 0.717) is 6.54 Å². The van der Waals surface area contributed by atoms with E-state index in [0.717, 1.165) is 6.07 Å². The third kappa shape index (κ3) is 4.11. The van der Waals surface area contributed by atoms with Gasteiger partial charge in [0.25, 0.3) is 0 Å². The zero-order valence-electron chi connectivity index (χ0n) is 10.6. The molecule has 0 bridgehead atoms. The molecule has 1 aromatic rings. The molecule has 0 saturated carbocycles. The molecule has 0 aliphatic heterocycles. The highest BCUT2D eigenvalue weighted by molar-refractivity contribution is 5.68. The Hall–Kier alpha value is -1.79. The summed E-state index contributed by atoms with van der Waals surface area (Å²) in [6.45, 7) is 3.75. The average molecular weight is 276 g/mol. The Bertz CT molecular complexity index is 449. The van der Waals surface area contributed by atoms with E-state index < -0.39 is 23.9 Å². The van der Waals surface area contributed by atoms with Gasteiger partial charge in [0.15, 0.2) is 0 Å². The van der Waals surface area contributed by atoms with Gasteiger partial charge in [-0.15, -0.1) is 0 Å². The van der Waals surface area contributed by atoms with E-state index in [-0.39, 0.29) is 12.2 Å². The third-order valence-corrected chi connectivity index (χ3v) is 2.66. The number of anilines is 1. The van der Waals surface area contributed by atoms with Crippen LogP contribution in [-0.4, -0.2) is 28.6 Å². The van der Waals surface area contributed by atoms with Crippen molar-refractivity contribution in [3.63, 3.8) is 0 Å². The van der Waals surface area contributed by atoms with Gasteiger partial charge in [0.1, 0.15) is 11.5 Å². The molecule has 0 saturated heterocycles. The fraction of sp³-hybridized carbons (Fsp3) is 0.500. The standard InChI is InChI=1S/C12H15F3N2O2/c1-3-17(8(2)7-11(18)19)10-6-4-5-9(16-10)12(13,14)15/h4-6,8H,3,7H2,1-2H3,(H,18,19). The number of hydrogen-bond acceptors (Lipinski definition) is 3. The largest absolute Gasteiger partial charge is 0.481 e. The number of nitrogens with zero attached hydrogens (tertiary/aromatic N) is 2. The summed E-state index contributed by atoms with van der Waals surface area (Å²) in [7, 11) is 0. The van der Waals surface area contributed by atoms with Crippen LogP contribution < -0.4 is 4.90 Å². The van der Waals surface area contributed by atoms with Gasteiger partial charge in [-0.25, -0.2) is 4.98 Å². The van der Waals surface area contributed by atoms with Gasteiger partial charge in [-0.2, -0.15) is 13.2 Å². The third-order valence-electron chi connectivity index (χ3n) is 2.66. The normalized spacial score (nSPS) is 13.1. The van der Waals surface area contributed by atoms with E-state index in [1.165, 1.54) is 17.0 Å². The summed E-state index contributed by atoms with van der Waals surface area (Å²) < 4.78 is 37.7. The Kier molecular flexibility index (Phi) is 4.74. The maximum absolute atomic E-state index is 12.6. The quantitative estimate of drug-likeness (QED) is 0.898. The number of aliphatic carboxylic acids is 1. The van der Waals surface area contributed by atoms with Crippen LogP contribution in [0.2, 0.25) is 0 Å². The maximum Gasteiger partial charge on any atom is 0.433 e. The number of halogens is 3. The summed E-state index contributed by atoms with van der Waals surface area (Å²) >= 11 is 0. The van der Waals surface area contributed by atoms with Gasteiger partial charge in [-0.1, -0.05) is 6.07 Å². The molecule has 7 heteroatoms. The SMILES string of the molecule is CCN(c1cccc(C(F)(F)F)n1)C(C)CC(=O)O. The molecule has 19 heavy (non-hydrogen) atoms. The van der Waals surface area contributed by atoms with Gasteiger partial charge in [-0.05, 0) is 26.0 Å². The second-order valence-corrected chi connectivity index (χ2v) is 4.11. The van der Waals surface area contributed by atoms with Crippen molar-refractivity contribution < 1.29 is 23.1 Å². The summed E-state index contributed by atoms with van der Waals surface area (Å²) in [5.74, 6) is -0.871. The van der Waals surface area contributed by atoms with Crippen molar-refractivity contribution in [2.24, 2.45) is 0 Å². The molecule has 1 aromatic heterocycles. The van der Waals surface area contributed by atoms with Crippen molar-refractivity contribution in [3.05, 3.63) is 23.9 Å². The van der Waals surface area contributed by atoms with Crippen LogP contribution in [0.5, 0.6) is 0 Å². The van der Waals surface area contributed by atoms with Crippen LogP contribution >= 0.6 is 0 Å². The molecule has 4 nitrogen and oxygen atoms in total. The molecule has 1 heterocycles. The molecule has 0 aromatic carbocycles. The number of hydrogen-bond donors (Lipinski definition) is 1. The molecular formula is C12H15F3N2O2. The highest BCUT2D eigenvalue weighted by Crippen LogP contribution is 2.29. The van der Waals surface area contributed by atoms with Gasteiger partial charge >= 0.3 is 12.1 Å². The van der Waals surface area contributed by atoms with E-state index in [1.54, 1.807) is 13.8 Å². The maximum atomic E-state index is 12.6. The Labute approximate surface area is 108 Å². The predicted molar refractivity (Wildman–Crippen MR) is 64.0 cm³/mol. The lowest BCUT2D eigenvalue weighted by Gasteiger charge is -2.28. The van der Waals surface area contributed by atoms with Crippen LogP contribution in [0.1, 0.15) is 26.0 Å². The van der Waals surface area contributed by atoms with Crippen molar-refractivity contribution in [2.45, 2.75) is 32.5 Å². The van der Waals surface area contributed by atoms with Crippen molar-refractivity contribution in [1.29, 1.82) is 0 Å². The fourth-order valence-electron chi connectivity index (χ4n) is 1.80. The summed E-state index contributed by atoms with van der Waals surface area (Å²) in [5, 5.41) is 8.73. The summed E-state index contributed by atoms with van der Waals surface area (Å²) in [6, 6.07) is 3.16.